The van der Waals surface area contributed by atoms with Crippen LogP contribution in [0.2, 0.25) is 0 Å². The van der Waals surface area contributed by atoms with Crippen LogP contribution in [0.5, 0.6) is 0 Å². The fourth-order valence-corrected chi connectivity index (χ4v) is 4.58. The smallest absolute Gasteiger partial charge is 0.0860 e. The number of hydrogen-bond donors (Lipinski definition) is 1. The zero-order valence-electron chi connectivity index (χ0n) is 14.4. The molecule has 120 valence electrons. The van der Waals surface area contributed by atoms with Crippen molar-refractivity contribution in [2.75, 3.05) is 0 Å². The van der Waals surface area contributed by atoms with Gasteiger partial charge in [0.1, 0.15) is 0 Å². The third-order valence-corrected chi connectivity index (χ3v) is 7.06. The minimum absolute atomic E-state index is 0.363. The van der Waals surface area contributed by atoms with Gasteiger partial charge in [-0.1, -0.05) is 34.1 Å². The third kappa shape index (κ3) is 3.00. The molecule has 2 saturated carbocycles. The number of nitriles is 1. The van der Waals surface area contributed by atoms with Crippen molar-refractivity contribution in [1.82, 2.24) is 0 Å². The molecular formula is C19H33NO. The van der Waals surface area contributed by atoms with Gasteiger partial charge in [0.05, 0.1) is 17.1 Å². The average molecular weight is 291 g/mol. The van der Waals surface area contributed by atoms with Crippen LogP contribution in [0, 0.1) is 34.0 Å². The Balaban J connectivity index is 2.09. The van der Waals surface area contributed by atoms with E-state index in [1.54, 1.807) is 0 Å². The summed E-state index contributed by atoms with van der Waals surface area (Å²) in [6, 6.07) is 2.57. The second kappa shape index (κ2) is 5.92. The standard InChI is InChI=1S/C19H33NO/c1-5-17(3,4)16-8-12-19(21,13-9-16)18(14-20)10-6-15(2)7-11-18/h15-16,21H,5-13H2,1-4H3. The SMILES string of the molecule is CCC(C)(C)C1CCC(O)(C2(C#N)CCC(C)CC2)CC1. The molecule has 0 radical (unpaired) electrons. The van der Waals surface area contributed by atoms with Crippen molar-refractivity contribution in [3.8, 4) is 6.07 Å². The van der Waals surface area contributed by atoms with Crippen LogP contribution in [0.25, 0.3) is 0 Å². The predicted molar refractivity (Wildman–Crippen MR) is 86.7 cm³/mol. The Morgan fingerprint density at radius 3 is 2.05 bits per heavy atom. The van der Waals surface area contributed by atoms with E-state index >= 15 is 0 Å². The molecule has 0 heterocycles. The largest absolute Gasteiger partial charge is 0.388 e. The van der Waals surface area contributed by atoms with E-state index in [0.717, 1.165) is 51.4 Å². The molecule has 2 aliphatic rings. The summed E-state index contributed by atoms with van der Waals surface area (Å²) in [6.45, 7) is 9.24. The van der Waals surface area contributed by atoms with Crippen LogP contribution in [0.3, 0.4) is 0 Å². The van der Waals surface area contributed by atoms with Gasteiger partial charge in [-0.2, -0.15) is 5.26 Å². The first-order valence-corrected chi connectivity index (χ1v) is 8.92. The molecule has 0 bridgehead atoms. The summed E-state index contributed by atoms with van der Waals surface area (Å²) in [7, 11) is 0. The van der Waals surface area contributed by atoms with Gasteiger partial charge in [0.25, 0.3) is 0 Å². The van der Waals surface area contributed by atoms with E-state index in [1.807, 2.05) is 0 Å². The Morgan fingerprint density at radius 2 is 1.62 bits per heavy atom. The molecule has 2 nitrogen and oxygen atoms in total. The quantitative estimate of drug-likeness (QED) is 0.789. The maximum Gasteiger partial charge on any atom is 0.0860 e. The summed E-state index contributed by atoms with van der Waals surface area (Å²) in [4.78, 5) is 0. The Labute approximate surface area is 130 Å². The third-order valence-electron chi connectivity index (χ3n) is 7.06. The van der Waals surface area contributed by atoms with E-state index < -0.39 is 11.0 Å². The molecule has 1 N–H and O–H groups in total. The predicted octanol–water partition coefficient (Wildman–Crippen LogP) is 5.06. The molecular weight excluding hydrogens is 258 g/mol. The summed E-state index contributed by atoms with van der Waals surface area (Å²) in [5.74, 6) is 1.41. The molecule has 2 rings (SSSR count). The number of rotatable bonds is 3. The lowest BCUT2D eigenvalue weighted by molar-refractivity contribution is -0.116. The molecule has 0 atom stereocenters. The van der Waals surface area contributed by atoms with Crippen molar-refractivity contribution in [3.05, 3.63) is 0 Å². The summed E-state index contributed by atoms with van der Waals surface area (Å²) < 4.78 is 0. The Hall–Kier alpha value is -0.550. The maximum atomic E-state index is 11.3. The molecule has 0 unspecified atom stereocenters. The van der Waals surface area contributed by atoms with Gasteiger partial charge in [-0.3, -0.25) is 0 Å². The molecule has 21 heavy (non-hydrogen) atoms. The van der Waals surface area contributed by atoms with Gasteiger partial charge in [0, 0.05) is 0 Å². The first-order chi connectivity index (χ1) is 9.78. The number of hydrogen-bond acceptors (Lipinski definition) is 2. The van der Waals surface area contributed by atoms with Gasteiger partial charge in [-0.25, -0.2) is 0 Å². The Morgan fingerprint density at radius 1 is 1.10 bits per heavy atom. The fraction of sp³-hybridized carbons (Fsp3) is 0.947. The van der Waals surface area contributed by atoms with E-state index in [2.05, 4.69) is 33.8 Å². The van der Waals surface area contributed by atoms with Crippen LogP contribution in [0.15, 0.2) is 0 Å². The second-order valence-corrected chi connectivity index (χ2v) is 8.52. The summed E-state index contributed by atoms with van der Waals surface area (Å²) in [5.41, 5.74) is -0.842. The van der Waals surface area contributed by atoms with Gasteiger partial charge in [0.15, 0.2) is 0 Å². The average Bonchev–Trinajstić information content (AvgIpc) is 2.48. The highest BCUT2D eigenvalue weighted by molar-refractivity contribution is 5.14. The van der Waals surface area contributed by atoms with Crippen LogP contribution in [-0.4, -0.2) is 10.7 Å². The molecule has 0 aromatic heterocycles. The molecule has 0 amide bonds. The first-order valence-electron chi connectivity index (χ1n) is 8.92. The normalized spacial score (nSPS) is 41.5. The summed E-state index contributed by atoms with van der Waals surface area (Å²) >= 11 is 0. The minimum atomic E-state index is -0.734. The molecule has 2 fully saturated rings. The van der Waals surface area contributed by atoms with Gasteiger partial charge in [-0.15, -0.1) is 0 Å². The lowest BCUT2D eigenvalue weighted by Gasteiger charge is -2.51. The highest BCUT2D eigenvalue weighted by Gasteiger charge is 2.53. The second-order valence-electron chi connectivity index (χ2n) is 8.52. The van der Waals surface area contributed by atoms with E-state index in [-0.39, 0.29) is 0 Å². The summed E-state index contributed by atoms with van der Waals surface area (Å²) in [5, 5.41) is 21.1. The van der Waals surface area contributed by atoms with Crippen LogP contribution in [0.1, 0.15) is 85.5 Å². The van der Waals surface area contributed by atoms with E-state index in [1.165, 1.54) is 6.42 Å². The molecule has 0 aliphatic heterocycles. The van der Waals surface area contributed by atoms with Crippen molar-refractivity contribution >= 4 is 0 Å². The monoisotopic (exact) mass is 291 g/mol. The number of nitrogens with zero attached hydrogens (tertiary/aromatic N) is 1. The van der Waals surface area contributed by atoms with Gasteiger partial charge < -0.3 is 5.11 Å². The highest BCUT2D eigenvalue weighted by Crippen LogP contribution is 2.54. The zero-order valence-corrected chi connectivity index (χ0v) is 14.4. The van der Waals surface area contributed by atoms with E-state index in [4.69, 9.17) is 0 Å². The minimum Gasteiger partial charge on any atom is -0.388 e. The van der Waals surface area contributed by atoms with Gasteiger partial charge in [-0.05, 0) is 68.6 Å². The molecule has 0 spiro atoms. The highest BCUT2D eigenvalue weighted by atomic mass is 16.3. The maximum absolute atomic E-state index is 11.3. The molecule has 0 saturated heterocycles. The molecule has 0 aromatic rings. The van der Waals surface area contributed by atoms with Crippen molar-refractivity contribution in [1.29, 1.82) is 5.26 Å². The van der Waals surface area contributed by atoms with Crippen molar-refractivity contribution in [2.24, 2.45) is 22.7 Å². The van der Waals surface area contributed by atoms with Gasteiger partial charge in [0.2, 0.25) is 0 Å². The van der Waals surface area contributed by atoms with E-state index in [0.29, 0.717) is 17.3 Å². The molecule has 2 heteroatoms. The Kier molecular flexibility index (Phi) is 4.74. The topological polar surface area (TPSA) is 44.0 Å². The van der Waals surface area contributed by atoms with Crippen molar-refractivity contribution < 1.29 is 5.11 Å². The number of aliphatic hydroxyl groups is 1. The van der Waals surface area contributed by atoms with Crippen molar-refractivity contribution in [3.63, 3.8) is 0 Å². The van der Waals surface area contributed by atoms with Crippen molar-refractivity contribution in [2.45, 2.75) is 91.1 Å². The lowest BCUT2D eigenvalue weighted by atomic mass is 9.55. The Bertz CT molecular complexity index is 390. The van der Waals surface area contributed by atoms with Crippen LogP contribution in [-0.2, 0) is 0 Å². The van der Waals surface area contributed by atoms with Gasteiger partial charge >= 0.3 is 0 Å². The first kappa shape index (κ1) is 16.8. The van der Waals surface area contributed by atoms with E-state index in [9.17, 15) is 10.4 Å². The van der Waals surface area contributed by atoms with Crippen LogP contribution < -0.4 is 0 Å². The molecule has 2 aliphatic carbocycles. The van der Waals surface area contributed by atoms with Crippen LogP contribution >= 0.6 is 0 Å². The summed E-state index contributed by atoms with van der Waals surface area (Å²) in [6.07, 6.45) is 8.97. The fourth-order valence-electron chi connectivity index (χ4n) is 4.58. The van der Waals surface area contributed by atoms with Crippen LogP contribution in [0.4, 0.5) is 0 Å². The molecule has 0 aromatic carbocycles. The lowest BCUT2D eigenvalue weighted by Crippen LogP contribution is -2.52. The zero-order chi connectivity index (χ0) is 15.7.